The number of rotatable bonds is 3. The molecular weight excluding hydrogens is 256 g/mol. The van der Waals surface area contributed by atoms with Crippen LogP contribution < -0.4 is 9.47 Å². The summed E-state index contributed by atoms with van der Waals surface area (Å²) >= 11 is 3.86. The first-order valence-electron chi connectivity index (χ1n) is 5.44. The van der Waals surface area contributed by atoms with E-state index in [9.17, 15) is 5.11 Å². The van der Waals surface area contributed by atoms with Crippen molar-refractivity contribution in [1.29, 1.82) is 0 Å². The van der Waals surface area contributed by atoms with E-state index in [0.717, 1.165) is 5.56 Å². The van der Waals surface area contributed by atoms with E-state index < -0.39 is 0 Å². The SMILES string of the molecule is COc1cc(C2SCCCS2)cc(OC)c1O. The largest absolute Gasteiger partial charge is 0.502 e. The van der Waals surface area contributed by atoms with Crippen LogP contribution in [-0.2, 0) is 0 Å². The second-order valence-corrected chi connectivity index (χ2v) is 6.43. The van der Waals surface area contributed by atoms with Crippen LogP contribution in [0.1, 0.15) is 16.6 Å². The fourth-order valence-corrected chi connectivity index (χ4v) is 4.58. The highest BCUT2D eigenvalue weighted by Crippen LogP contribution is 2.48. The third-order valence-electron chi connectivity index (χ3n) is 2.60. The molecule has 5 heteroatoms. The van der Waals surface area contributed by atoms with E-state index in [1.54, 1.807) is 14.2 Å². The van der Waals surface area contributed by atoms with Crippen LogP contribution in [0.25, 0.3) is 0 Å². The van der Waals surface area contributed by atoms with Gasteiger partial charge in [0.05, 0.1) is 18.8 Å². The second-order valence-electron chi connectivity index (χ2n) is 3.70. The van der Waals surface area contributed by atoms with Crippen molar-refractivity contribution in [3.63, 3.8) is 0 Å². The van der Waals surface area contributed by atoms with Crippen LogP contribution in [0.3, 0.4) is 0 Å². The molecule has 0 unspecified atom stereocenters. The molecule has 0 radical (unpaired) electrons. The van der Waals surface area contributed by atoms with E-state index >= 15 is 0 Å². The van der Waals surface area contributed by atoms with Crippen LogP contribution >= 0.6 is 23.5 Å². The van der Waals surface area contributed by atoms with Crippen molar-refractivity contribution in [2.45, 2.75) is 11.0 Å². The maximum atomic E-state index is 9.85. The first kappa shape index (κ1) is 12.8. The van der Waals surface area contributed by atoms with Crippen LogP contribution in [0.15, 0.2) is 12.1 Å². The minimum absolute atomic E-state index is 0.0737. The highest BCUT2D eigenvalue weighted by atomic mass is 32.2. The Kier molecular flexibility index (Phi) is 4.34. The van der Waals surface area contributed by atoms with Gasteiger partial charge in [-0.25, -0.2) is 0 Å². The Bertz CT molecular complexity index is 364. The Balaban J connectivity index is 2.33. The standard InChI is InChI=1S/C12H16O3S2/c1-14-9-6-8(7-10(15-2)11(9)13)12-16-4-3-5-17-12/h6-7,12-13H,3-5H2,1-2H3. The molecule has 0 saturated carbocycles. The smallest absolute Gasteiger partial charge is 0.200 e. The number of hydrogen-bond donors (Lipinski definition) is 1. The first-order chi connectivity index (χ1) is 8.26. The van der Waals surface area contributed by atoms with Gasteiger partial charge in [-0.1, -0.05) is 0 Å². The van der Waals surface area contributed by atoms with Crippen LogP contribution in [0.4, 0.5) is 0 Å². The maximum absolute atomic E-state index is 9.85. The fourth-order valence-electron chi connectivity index (χ4n) is 1.73. The van der Waals surface area contributed by atoms with Gasteiger partial charge in [-0.2, -0.15) is 0 Å². The summed E-state index contributed by atoms with van der Waals surface area (Å²) in [5, 5.41) is 9.85. The average molecular weight is 272 g/mol. The van der Waals surface area contributed by atoms with Crippen molar-refractivity contribution >= 4 is 23.5 Å². The molecule has 94 valence electrons. The summed E-state index contributed by atoms with van der Waals surface area (Å²) in [5.41, 5.74) is 1.14. The predicted molar refractivity (Wildman–Crippen MR) is 73.5 cm³/mol. The zero-order valence-corrected chi connectivity index (χ0v) is 11.6. The van der Waals surface area contributed by atoms with E-state index in [4.69, 9.17) is 9.47 Å². The lowest BCUT2D eigenvalue weighted by atomic mass is 10.2. The Hall–Kier alpha value is -0.680. The lowest BCUT2D eigenvalue weighted by Gasteiger charge is -2.22. The molecule has 1 N–H and O–H groups in total. The maximum Gasteiger partial charge on any atom is 0.200 e. The fraction of sp³-hybridized carbons (Fsp3) is 0.500. The van der Waals surface area contributed by atoms with Gasteiger partial charge in [-0.05, 0) is 35.6 Å². The molecule has 1 aromatic rings. The Labute approximate surface area is 110 Å². The monoisotopic (exact) mass is 272 g/mol. The van der Waals surface area contributed by atoms with Gasteiger partial charge in [0.15, 0.2) is 11.5 Å². The summed E-state index contributed by atoms with van der Waals surface area (Å²) in [7, 11) is 3.11. The molecule has 0 atom stereocenters. The van der Waals surface area contributed by atoms with Gasteiger partial charge in [0.25, 0.3) is 0 Å². The number of thioether (sulfide) groups is 2. The van der Waals surface area contributed by atoms with Crippen molar-refractivity contribution in [2.24, 2.45) is 0 Å². The average Bonchev–Trinajstić information content (AvgIpc) is 2.40. The highest BCUT2D eigenvalue weighted by molar-refractivity contribution is 8.16. The molecule has 0 spiro atoms. The van der Waals surface area contributed by atoms with Gasteiger partial charge >= 0.3 is 0 Å². The third-order valence-corrected chi connectivity index (χ3v) is 5.62. The topological polar surface area (TPSA) is 38.7 Å². The summed E-state index contributed by atoms with van der Waals surface area (Å²) in [4.78, 5) is 0. The number of methoxy groups -OCH3 is 2. The lowest BCUT2D eigenvalue weighted by Crippen LogP contribution is -2.01. The van der Waals surface area contributed by atoms with Crippen molar-refractivity contribution in [3.8, 4) is 17.2 Å². The number of ether oxygens (including phenoxy) is 2. The molecule has 1 fully saturated rings. The highest BCUT2D eigenvalue weighted by Gasteiger charge is 2.20. The van der Waals surface area contributed by atoms with Gasteiger partial charge in [-0.3, -0.25) is 0 Å². The lowest BCUT2D eigenvalue weighted by molar-refractivity contribution is 0.339. The molecule has 0 amide bonds. The molecule has 0 aliphatic carbocycles. The minimum Gasteiger partial charge on any atom is -0.502 e. The molecule has 1 heterocycles. The number of hydrogen-bond acceptors (Lipinski definition) is 5. The molecule has 17 heavy (non-hydrogen) atoms. The molecule has 0 bridgehead atoms. The molecule has 1 aromatic carbocycles. The number of aromatic hydroxyl groups is 1. The van der Waals surface area contributed by atoms with Crippen LogP contribution in [0.2, 0.25) is 0 Å². The molecular formula is C12H16O3S2. The first-order valence-corrected chi connectivity index (χ1v) is 7.54. The zero-order valence-electron chi connectivity index (χ0n) is 9.93. The summed E-state index contributed by atoms with van der Waals surface area (Å²) in [6.07, 6.45) is 1.26. The van der Waals surface area contributed by atoms with Gasteiger partial charge in [0.1, 0.15) is 0 Å². The zero-order chi connectivity index (χ0) is 12.3. The number of benzene rings is 1. The van der Waals surface area contributed by atoms with Crippen molar-refractivity contribution < 1.29 is 14.6 Å². The molecule has 1 aliphatic rings. The third kappa shape index (κ3) is 2.77. The summed E-state index contributed by atoms with van der Waals surface area (Å²) in [6, 6.07) is 3.79. The van der Waals surface area contributed by atoms with Crippen LogP contribution in [0, 0.1) is 0 Å². The predicted octanol–water partition coefficient (Wildman–Crippen LogP) is 3.28. The van der Waals surface area contributed by atoms with Crippen molar-refractivity contribution in [1.82, 2.24) is 0 Å². The van der Waals surface area contributed by atoms with E-state index in [1.807, 2.05) is 35.7 Å². The molecule has 1 saturated heterocycles. The van der Waals surface area contributed by atoms with Gasteiger partial charge in [-0.15, -0.1) is 23.5 Å². The Morgan fingerprint density at radius 1 is 1.12 bits per heavy atom. The Morgan fingerprint density at radius 2 is 1.65 bits per heavy atom. The van der Waals surface area contributed by atoms with Crippen molar-refractivity contribution in [3.05, 3.63) is 17.7 Å². The number of phenolic OH excluding ortho intramolecular Hbond substituents is 1. The minimum atomic E-state index is 0.0737. The molecule has 1 aliphatic heterocycles. The Morgan fingerprint density at radius 3 is 2.12 bits per heavy atom. The van der Waals surface area contributed by atoms with Crippen LogP contribution in [-0.4, -0.2) is 30.8 Å². The molecule has 0 aromatic heterocycles. The summed E-state index contributed by atoms with van der Waals surface area (Å²) in [6.45, 7) is 0. The van der Waals surface area contributed by atoms with E-state index in [1.165, 1.54) is 17.9 Å². The van der Waals surface area contributed by atoms with Gasteiger partial charge in [0.2, 0.25) is 5.75 Å². The molecule has 3 nitrogen and oxygen atoms in total. The second kappa shape index (κ2) is 5.78. The van der Waals surface area contributed by atoms with Crippen LogP contribution in [0.5, 0.6) is 17.2 Å². The summed E-state index contributed by atoms with van der Waals surface area (Å²) < 4.78 is 10.8. The normalized spacial score (nSPS) is 16.8. The summed E-state index contributed by atoms with van der Waals surface area (Å²) in [5.74, 6) is 3.40. The van der Waals surface area contributed by atoms with Gasteiger partial charge < -0.3 is 14.6 Å². The van der Waals surface area contributed by atoms with Crippen molar-refractivity contribution in [2.75, 3.05) is 25.7 Å². The molecule has 2 rings (SSSR count). The number of phenols is 1. The van der Waals surface area contributed by atoms with E-state index in [0.29, 0.717) is 16.1 Å². The van der Waals surface area contributed by atoms with E-state index in [-0.39, 0.29) is 5.75 Å². The van der Waals surface area contributed by atoms with E-state index in [2.05, 4.69) is 0 Å². The van der Waals surface area contributed by atoms with Gasteiger partial charge in [0, 0.05) is 0 Å². The quantitative estimate of drug-likeness (QED) is 0.914.